The van der Waals surface area contributed by atoms with Gasteiger partial charge in [0.15, 0.2) is 0 Å². The van der Waals surface area contributed by atoms with Gasteiger partial charge in [-0.05, 0) is 32.1 Å². The molecule has 0 aromatic rings. The van der Waals surface area contributed by atoms with Crippen LogP contribution in [0.1, 0.15) is 39.0 Å². The van der Waals surface area contributed by atoms with Crippen LogP contribution in [0.5, 0.6) is 0 Å². The summed E-state index contributed by atoms with van der Waals surface area (Å²) < 4.78 is 0. The second-order valence-electron chi connectivity index (χ2n) is 4.92. The Hall–Kier alpha value is -1.01. The first-order valence-corrected chi connectivity index (χ1v) is 6.10. The van der Waals surface area contributed by atoms with E-state index in [9.17, 15) is 9.90 Å². The quantitative estimate of drug-likeness (QED) is 0.624. The molecule has 0 spiro atoms. The fourth-order valence-corrected chi connectivity index (χ4v) is 2.94. The number of aliphatic hydroxyl groups is 1. The van der Waals surface area contributed by atoms with Crippen LogP contribution in [-0.2, 0) is 4.79 Å². The third kappa shape index (κ3) is 2.08. The van der Waals surface area contributed by atoms with E-state index in [0.717, 1.165) is 25.7 Å². The van der Waals surface area contributed by atoms with Crippen LogP contribution in [0.3, 0.4) is 0 Å². The predicted molar refractivity (Wildman–Crippen MR) is 61.6 cm³/mol. The number of fused-ring (bicyclic) bond motifs is 1. The van der Waals surface area contributed by atoms with E-state index in [1.807, 2.05) is 0 Å². The summed E-state index contributed by atoms with van der Waals surface area (Å²) >= 11 is 0. The summed E-state index contributed by atoms with van der Waals surface area (Å²) in [5.74, 6) is 5.40. The Balaban J connectivity index is 2.03. The molecule has 3 heteroatoms. The molecule has 2 atom stereocenters. The van der Waals surface area contributed by atoms with Crippen LogP contribution in [0, 0.1) is 17.8 Å². The molecule has 1 aliphatic heterocycles. The smallest absolute Gasteiger partial charge is 0.298 e. The van der Waals surface area contributed by atoms with Crippen molar-refractivity contribution in [3.05, 3.63) is 0 Å². The van der Waals surface area contributed by atoms with E-state index >= 15 is 0 Å². The molecule has 88 valence electrons. The Morgan fingerprint density at radius 2 is 2.25 bits per heavy atom. The van der Waals surface area contributed by atoms with Crippen molar-refractivity contribution in [1.29, 1.82) is 0 Å². The number of piperidine rings is 1. The number of nitrogens with zero attached hydrogens (tertiary/aromatic N) is 1. The number of hydrogen-bond donors (Lipinski definition) is 1. The maximum atomic E-state index is 11.6. The molecule has 0 bridgehead atoms. The molecule has 2 aliphatic rings. The van der Waals surface area contributed by atoms with Crippen molar-refractivity contribution in [2.75, 3.05) is 13.1 Å². The first kappa shape index (κ1) is 11.5. The van der Waals surface area contributed by atoms with Gasteiger partial charge in [0, 0.05) is 19.0 Å². The first-order chi connectivity index (χ1) is 7.65. The Kier molecular flexibility index (Phi) is 3.20. The lowest BCUT2D eigenvalue weighted by atomic mass is 9.71. The largest absolute Gasteiger partial charge is 0.389 e. The van der Waals surface area contributed by atoms with Gasteiger partial charge in [-0.1, -0.05) is 18.8 Å². The molecular weight excluding hydrogens is 202 g/mol. The van der Waals surface area contributed by atoms with Crippen LogP contribution in [-0.4, -0.2) is 34.6 Å². The molecule has 1 saturated heterocycles. The molecule has 1 aliphatic carbocycles. The molecule has 2 unspecified atom stereocenters. The van der Waals surface area contributed by atoms with Crippen LogP contribution >= 0.6 is 0 Å². The van der Waals surface area contributed by atoms with Crippen molar-refractivity contribution in [3.63, 3.8) is 0 Å². The van der Waals surface area contributed by atoms with Crippen LogP contribution in [0.15, 0.2) is 0 Å². The lowest BCUT2D eigenvalue weighted by molar-refractivity contribution is -0.137. The second kappa shape index (κ2) is 4.47. The maximum absolute atomic E-state index is 11.6. The Morgan fingerprint density at radius 3 is 3.00 bits per heavy atom. The van der Waals surface area contributed by atoms with Gasteiger partial charge in [-0.2, -0.15) is 0 Å². The van der Waals surface area contributed by atoms with Crippen molar-refractivity contribution < 1.29 is 9.90 Å². The zero-order chi connectivity index (χ0) is 11.6. The molecule has 16 heavy (non-hydrogen) atoms. The fraction of sp³-hybridized carbons (Fsp3) is 0.769. The zero-order valence-corrected chi connectivity index (χ0v) is 9.83. The van der Waals surface area contributed by atoms with Crippen molar-refractivity contribution in [2.24, 2.45) is 5.92 Å². The van der Waals surface area contributed by atoms with Crippen molar-refractivity contribution in [1.82, 2.24) is 4.90 Å². The summed E-state index contributed by atoms with van der Waals surface area (Å²) in [6.45, 7) is 3.02. The van der Waals surface area contributed by atoms with Gasteiger partial charge in [-0.25, -0.2) is 0 Å². The van der Waals surface area contributed by atoms with E-state index < -0.39 is 5.60 Å². The number of amides is 1. The van der Waals surface area contributed by atoms with Crippen LogP contribution < -0.4 is 0 Å². The van der Waals surface area contributed by atoms with E-state index in [-0.39, 0.29) is 11.8 Å². The third-order valence-corrected chi connectivity index (χ3v) is 3.95. The van der Waals surface area contributed by atoms with Gasteiger partial charge in [0.1, 0.15) is 0 Å². The Labute approximate surface area is 96.8 Å². The number of hydrogen-bond acceptors (Lipinski definition) is 2. The molecule has 1 heterocycles. The van der Waals surface area contributed by atoms with Crippen LogP contribution in [0.25, 0.3) is 0 Å². The predicted octanol–water partition coefficient (Wildman–Crippen LogP) is 1.16. The lowest BCUT2D eigenvalue weighted by Crippen LogP contribution is -2.54. The topological polar surface area (TPSA) is 40.5 Å². The summed E-state index contributed by atoms with van der Waals surface area (Å²) in [6.07, 6.45) is 4.96. The van der Waals surface area contributed by atoms with Gasteiger partial charge in [-0.3, -0.25) is 4.79 Å². The van der Waals surface area contributed by atoms with Crippen LogP contribution in [0.4, 0.5) is 0 Å². The fourth-order valence-electron chi connectivity index (χ4n) is 2.94. The average Bonchev–Trinajstić information content (AvgIpc) is 2.28. The Bertz CT molecular complexity index is 342. The normalized spacial score (nSPS) is 33.6. The Morgan fingerprint density at radius 1 is 1.44 bits per heavy atom. The summed E-state index contributed by atoms with van der Waals surface area (Å²) in [5.41, 5.74) is -0.505. The highest BCUT2D eigenvalue weighted by Crippen LogP contribution is 2.39. The lowest BCUT2D eigenvalue weighted by Gasteiger charge is -2.46. The van der Waals surface area contributed by atoms with Crippen LogP contribution in [0.2, 0.25) is 0 Å². The minimum absolute atomic E-state index is 0.0878. The highest BCUT2D eigenvalue weighted by atomic mass is 16.3. The molecule has 3 nitrogen and oxygen atoms in total. The number of likely N-dealkylation sites (tertiary alicyclic amines) is 1. The van der Waals surface area contributed by atoms with Gasteiger partial charge in [0.25, 0.3) is 5.91 Å². The first-order valence-electron chi connectivity index (χ1n) is 6.10. The monoisotopic (exact) mass is 221 g/mol. The molecule has 0 aromatic heterocycles. The summed E-state index contributed by atoms with van der Waals surface area (Å²) in [4.78, 5) is 13.4. The number of carbonyl (C=O) groups excluding carboxylic acids is 1. The van der Waals surface area contributed by atoms with Gasteiger partial charge in [-0.15, -0.1) is 0 Å². The second-order valence-corrected chi connectivity index (χ2v) is 4.92. The van der Waals surface area contributed by atoms with E-state index in [1.54, 1.807) is 11.8 Å². The summed E-state index contributed by atoms with van der Waals surface area (Å²) in [5, 5.41) is 10.4. The highest BCUT2D eigenvalue weighted by Gasteiger charge is 2.43. The molecule has 0 radical (unpaired) electrons. The minimum atomic E-state index is -0.505. The average molecular weight is 221 g/mol. The third-order valence-electron chi connectivity index (χ3n) is 3.95. The van der Waals surface area contributed by atoms with E-state index in [0.29, 0.717) is 13.1 Å². The molecule has 1 N–H and O–H groups in total. The SMILES string of the molecule is CC#CC(=O)N1CCC2(O)CCCCC2C1. The molecule has 0 aromatic carbocycles. The summed E-state index contributed by atoms with van der Waals surface area (Å²) in [6, 6.07) is 0. The van der Waals surface area contributed by atoms with Gasteiger partial charge >= 0.3 is 0 Å². The van der Waals surface area contributed by atoms with Crippen molar-refractivity contribution in [3.8, 4) is 11.8 Å². The van der Waals surface area contributed by atoms with E-state index in [1.165, 1.54) is 6.42 Å². The van der Waals surface area contributed by atoms with Crippen molar-refractivity contribution in [2.45, 2.75) is 44.6 Å². The molecule has 2 rings (SSSR count). The number of rotatable bonds is 0. The molecule has 2 fully saturated rings. The van der Waals surface area contributed by atoms with E-state index in [4.69, 9.17) is 0 Å². The standard InChI is InChI=1S/C13H19NO2/c1-2-5-12(15)14-9-8-13(16)7-4-3-6-11(13)10-14/h11,16H,3-4,6-10H2,1H3. The van der Waals surface area contributed by atoms with Gasteiger partial charge < -0.3 is 10.0 Å². The molecule has 1 saturated carbocycles. The minimum Gasteiger partial charge on any atom is -0.389 e. The molecule has 1 amide bonds. The highest BCUT2D eigenvalue weighted by molar-refractivity contribution is 5.93. The molecular formula is C13H19NO2. The van der Waals surface area contributed by atoms with Gasteiger partial charge in [0.05, 0.1) is 5.60 Å². The number of carbonyl (C=O) groups is 1. The zero-order valence-electron chi connectivity index (χ0n) is 9.83. The van der Waals surface area contributed by atoms with Gasteiger partial charge in [0.2, 0.25) is 0 Å². The van der Waals surface area contributed by atoms with E-state index in [2.05, 4.69) is 11.8 Å². The van der Waals surface area contributed by atoms with Crippen molar-refractivity contribution >= 4 is 5.91 Å². The maximum Gasteiger partial charge on any atom is 0.298 e. The summed E-state index contributed by atoms with van der Waals surface area (Å²) in [7, 11) is 0.